The first kappa shape index (κ1) is 22.4. The van der Waals surface area contributed by atoms with Crippen molar-refractivity contribution >= 4 is 20.0 Å². The van der Waals surface area contributed by atoms with Crippen LogP contribution in [0.5, 0.6) is 5.75 Å². The van der Waals surface area contributed by atoms with Crippen LogP contribution in [0.15, 0.2) is 23.1 Å². The first-order valence-electron chi connectivity index (χ1n) is 10.1. The van der Waals surface area contributed by atoms with E-state index < -0.39 is 44.4 Å². The number of halogens is 1. The maximum Gasteiger partial charge on any atom is 0.530 e. The molecule has 0 radical (unpaired) electrons. The van der Waals surface area contributed by atoms with Crippen LogP contribution in [0.1, 0.15) is 29.8 Å². The summed E-state index contributed by atoms with van der Waals surface area (Å²) in [5.41, 5.74) is 1.10. The fourth-order valence-corrected chi connectivity index (χ4v) is 5.00. The molecular formula is C20H20FN2O8PS. The number of aromatic nitrogens is 2. The molecule has 4 rings (SSSR count). The number of nitrogens with zero attached hydrogens (tertiary/aromatic N) is 1. The van der Waals surface area contributed by atoms with E-state index in [2.05, 4.69) is 10.9 Å². The zero-order valence-electron chi connectivity index (χ0n) is 18.4. The third-order valence-electron chi connectivity index (χ3n) is 5.10. The van der Waals surface area contributed by atoms with E-state index >= 15 is 4.39 Å². The van der Waals surface area contributed by atoms with Crippen LogP contribution in [0.2, 0.25) is 0 Å². The first-order chi connectivity index (χ1) is 15.8. The summed E-state index contributed by atoms with van der Waals surface area (Å²) in [5, 5.41) is 20.7. The van der Waals surface area contributed by atoms with Crippen LogP contribution in [0, 0.1) is 30.8 Å². The van der Waals surface area contributed by atoms with Crippen molar-refractivity contribution < 1.29 is 38.8 Å². The highest BCUT2D eigenvalue weighted by Gasteiger charge is 2.57. The molecule has 176 valence electrons. The summed E-state index contributed by atoms with van der Waals surface area (Å²) >= 11 is 4.90. The van der Waals surface area contributed by atoms with E-state index in [-0.39, 0.29) is 22.6 Å². The van der Waals surface area contributed by atoms with Crippen LogP contribution >= 0.6 is 20.0 Å². The van der Waals surface area contributed by atoms with Crippen LogP contribution < -0.4 is 10.2 Å². The molecule has 13 heteroatoms. The van der Waals surface area contributed by atoms with Crippen LogP contribution in [0.4, 0.5) is 4.39 Å². The van der Waals surface area contributed by atoms with E-state index in [1.165, 1.54) is 0 Å². The number of aliphatic hydroxyl groups is 2. The van der Waals surface area contributed by atoms with E-state index in [0.29, 0.717) is 15.7 Å². The number of aromatic amines is 1. The molecule has 1 aromatic heterocycles. The predicted octanol–water partition coefficient (Wildman–Crippen LogP) is 2.15. The van der Waals surface area contributed by atoms with E-state index in [0.717, 1.165) is 11.8 Å². The Bertz CT molecular complexity index is 1380. The van der Waals surface area contributed by atoms with Crippen molar-refractivity contribution in [3.8, 4) is 18.1 Å². The molecule has 0 spiro atoms. The smallest absolute Gasteiger partial charge is 0.403 e. The SMILES string of the molecule is [2H][C@@]1(n2cc(C#C)c(=S)[nH]c2=O)O[C@](F)(COP2(=O)OCc3cc(C)cc(C)c3O2)[C@@H](O)[C@H]1O. The van der Waals surface area contributed by atoms with Gasteiger partial charge in [-0.05, 0) is 19.4 Å². The zero-order valence-corrected chi connectivity index (χ0v) is 19.1. The van der Waals surface area contributed by atoms with Gasteiger partial charge >= 0.3 is 13.5 Å². The van der Waals surface area contributed by atoms with Crippen LogP contribution in [0.3, 0.4) is 0 Å². The second kappa shape index (κ2) is 8.45. The zero-order chi connectivity index (χ0) is 25.1. The minimum absolute atomic E-state index is 0.0446. The topological polar surface area (TPSA) is 132 Å². The molecule has 3 N–H and O–H groups in total. The number of aryl methyl sites for hydroxylation is 2. The quantitative estimate of drug-likeness (QED) is 0.329. The summed E-state index contributed by atoms with van der Waals surface area (Å²) in [6, 6.07) is 3.55. The molecule has 2 aromatic rings. The van der Waals surface area contributed by atoms with Gasteiger partial charge in [0.25, 0.3) is 5.85 Å². The van der Waals surface area contributed by atoms with Crippen LogP contribution in [-0.4, -0.2) is 44.4 Å². The van der Waals surface area contributed by atoms with Crippen molar-refractivity contribution in [3.63, 3.8) is 0 Å². The standard InChI is InChI=1S/C20H20FN2O8PS/c1-4-12-7-23(19(26)22-17(12)33)18-14(24)16(25)20(21,30-18)9-29-32(27)28-8-13-6-10(2)5-11(3)15(13)31-32/h1,5-7,14,16,18,24-25H,8-9H2,2-3H3,(H,22,26,33)/t14-,16+,18-,20-,32?/m1/s1/i18D. The molecule has 2 aliphatic heterocycles. The van der Waals surface area contributed by atoms with Gasteiger partial charge in [0.15, 0.2) is 6.20 Å². The van der Waals surface area contributed by atoms with Gasteiger partial charge in [-0.15, -0.1) is 6.42 Å². The highest BCUT2D eigenvalue weighted by molar-refractivity contribution is 7.71. The third kappa shape index (κ3) is 4.29. The Morgan fingerprint density at radius 1 is 1.52 bits per heavy atom. The number of hydrogen-bond acceptors (Lipinski definition) is 9. The number of aliphatic hydroxyl groups excluding tert-OH is 2. The van der Waals surface area contributed by atoms with Gasteiger partial charge < -0.3 is 19.5 Å². The molecule has 33 heavy (non-hydrogen) atoms. The summed E-state index contributed by atoms with van der Waals surface area (Å²) in [6.07, 6.45) is -1.33. The van der Waals surface area contributed by atoms with E-state index in [1.807, 2.05) is 6.92 Å². The van der Waals surface area contributed by atoms with Gasteiger partial charge in [-0.3, -0.25) is 18.6 Å². The lowest BCUT2D eigenvalue weighted by Gasteiger charge is -2.29. The third-order valence-corrected chi connectivity index (χ3v) is 6.72. The molecule has 0 amide bonds. The molecule has 2 aliphatic rings. The number of hydrogen-bond donors (Lipinski definition) is 3. The molecule has 0 saturated carbocycles. The second-order valence-electron chi connectivity index (χ2n) is 7.59. The highest BCUT2D eigenvalue weighted by atomic mass is 32.1. The average molecular weight is 499 g/mol. The number of phosphoric ester groups is 1. The summed E-state index contributed by atoms with van der Waals surface area (Å²) < 4.78 is 57.9. The maximum absolute atomic E-state index is 15.6. The summed E-state index contributed by atoms with van der Waals surface area (Å²) in [6.45, 7) is 2.18. The van der Waals surface area contributed by atoms with Gasteiger partial charge in [-0.2, -0.15) is 0 Å². The Labute approximate surface area is 193 Å². The van der Waals surface area contributed by atoms with E-state index in [9.17, 15) is 19.6 Å². The first-order valence-corrected chi connectivity index (χ1v) is 11.5. The molecule has 5 atom stereocenters. The Balaban J connectivity index is 1.59. The molecular weight excluding hydrogens is 478 g/mol. The van der Waals surface area contributed by atoms with Gasteiger partial charge in [0.05, 0.1) is 13.5 Å². The van der Waals surface area contributed by atoms with Gasteiger partial charge in [-0.1, -0.05) is 35.8 Å². The summed E-state index contributed by atoms with van der Waals surface area (Å²) in [5.74, 6) is -0.855. The van der Waals surface area contributed by atoms with E-state index in [1.54, 1.807) is 19.1 Å². The van der Waals surface area contributed by atoms with Crippen molar-refractivity contribution in [3.05, 3.63) is 55.7 Å². The van der Waals surface area contributed by atoms with Crippen molar-refractivity contribution in [2.75, 3.05) is 6.61 Å². The average Bonchev–Trinajstić information content (AvgIpc) is 2.94. The molecule has 0 aliphatic carbocycles. The molecule has 0 bridgehead atoms. The molecule has 1 saturated heterocycles. The Morgan fingerprint density at radius 3 is 2.94 bits per heavy atom. The molecule has 1 aromatic carbocycles. The normalized spacial score (nSPS) is 33.6. The number of alkyl halides is 1. The minimum Gasteiger partial charge on any atom is -0.403 e. The number of nitrogens with one attached hydrogen (secondary N) is 1. The summed E-state index contributed by atoms with van der Waals surface area (Å²) in [7, 11) is -4.36. The number of ether oxygens (including phenoxy) is 1. The number of H-pyrrole nitrogens is 1. The highest BCUT2D eigenvalue weighted by Crippen LogP contribution is 2.56. The minimum atomic E-state index is -4.36. The lowest BCUT2D eigenvalue weighted by Crippen LogP contribution is -2.43. The largest absolute Gasteiger partial charge is 0.530 e. The monoisotopic (exact) mass is 499 g/mol. The number of rotatable bonds is 4. The fraction of sp³-hybridized carbons (Fsp3) is 0.400. The lowest BCUT2D eigenvalue weighted by atomic mass is 10.1. The number of fused-ring (bicyclic) bond motifs is 1. The number of benzene rings is 1. The van der Waals surface area contributed by atoms with Crippen molar-refractivity contribution in [1.82, 2.24) is 9.55 Å². The number of terminal acetylenes is 1. The second-order valence-corrected chi connectivity index (χ2v) is 9.59. The predicted molar refractivity (Wildman–Crippen MR) is 115 cm³/mol. The van der Waals surface area contributed by atoms with Crippen molar-refractivity contribution in [2.24, 2.45) is 0 Å². The van der Waals surface area contributed by atoms with Gasteiger partial charge in [0, 0.05) is 11.8 Å². The van der Waals surface area contributed by atoms with Crippen LogP contribution in [-0.2, 0) is 25.0 Å². The Kier molecular flexibility index (Phi) is 5.74. The lowest BCUT2D eigenvalue weighted by molar-refractivity contribution is -0.205. The van der Waals surface area contributed by atoms with Crippen molar-refractivity contribution in [2.45, 2.75) is 44.7 Å². The van der Waals surface area contributed by atoms with E-state index in [4.69, 9.17) is 38.3 Å². The summed E-state index contributed by atoms with van der Waals surface area (Å²) in [4.78, 5) is 14.5. The maximum atomic E-state index is 15.6. The van der Waals surface area contributed by atoms with Gasteiger partial charge in [0.1, 0.15) is 29.2 Å². The Morgan fingerprint density at radius 2 is 2.24 bits per heavy atom. The van der Waals surface area contributed by atoms with Gasteiger partial charge in [0.2, 0.25) is 0 Å². The van der Waals surface area contributed by atoms with Gasteiger partial charge in [-0.25, -0.2) is 13.8 Å². The fourth-order valence-electron chi connectivity index (χ4n) is 3.51. The van der Waals surface area contributed by atoms with Crippen molar-refractivity contribution in [1.29, 1.82) is 0 Å². The molecule has 3 heterocycles. The van der Waals surface area contributed by atoms with Crippen LogP contribution in [0.25, 0.3) is 0 Å². The number of phosphoric acid groups is 1. The Hall–Kier alpha value is -2.36. The molecule has 1 unspecified atom stereocenters. The molecule has 10 nitrogen and oxygen atoms in total. The molecule has 1 fully saturated rings.